The summed E-state index contributed by atoms with van der Waals surface area (Å²) in [5.74, 6) is -0.143. The Kier molecular flexibility index (Phi) is 8.20. The molecule has 7 nitrogen and oxygen atoms in total. The van der Waals surface area contributed by atoms with Crippen LogP contribution in [0.5, 0.6) is 11.5 Å². The molecule has 1 heterocycles. The van der Waals surface area contributed by atoms with Crippen molar-refractivity contribution in [3.63, 3.8) is 0 Å². The van der Waals surface area contributed by atoms with E-state index >= 15 is 0 Å². The van der Waals surface area contributed by atoms with Crippen LogP contribution in [0.25, 0.3) is 6.08 Å². The fourth-order valence-corrected chi connectivity index (χ4v) is 4.45. The molecular formula is C24H24BrNO6S. The van der Waals surface area contributed by atoms with Crippen LogP contribution in [0, 0.1) is 6.92 Å². The molecule has 1 aliphatic heterocycles. The fourth-order valence-electron chi connectivity index (χ4n) is 3.12. The predicted molar refractivity (Wildman–Crippen MR) is 130 cm³/mol. The molecule has 0 aromatic heterocycles. The number of carbonyl (C=O) groups excluding carboxylic acids is 3. The lowest BCUT2D eigenvalue weighted by Gasteiger charge is -2.18. The van der Waals surface area contributed by atoms with E-state index in [1.807, 2.05) is 38.1 Å². The van der Waals surface area contributed by atoms with Crippen LogP contribution < -0.4 is 9.47 Å². The van der Waals surface area contributed by atoms with Crippen molar-refractivity contribution < 1.29 is 28.6 Å². The Labute approximate surface area is 205 Å². The number of halogens is 1. The topological polar surface area (TPSA) is 82.1 Å². The average molecular weight is 534 g/mol. The Morgan fingerprint density at radius 3 is 2.45 bits per heavy atom. The van der Waals surface area contributed by atoms with Crippen molar-refractivity contribution in [1.29, 1.82) is 0 Å². The van der Waals surface area contributed by atoms with Gasteiger partial charge in [0.05, 0.1) is 18.6 Å². The van der Waals surface area contributed by atoms with Crippen LogP contribution in [0.2, 0.25) is 0 Å². The van der Waals surface area contributed by atoms with E-state index in [4.69, 9.17) is 9.47 Å². The molecule has 2 aromatic rings. The number of esters is 1. The molecule has 9 heteroatoms. The van der Waals surface area contributed by atoms with Crippen LogP contribution in [0.3, 0.4) is 0 Å². The molecule has 1 aliphatic rings. The van der Waals surface area contributed by atoms with Gasteiger partial charge in [-0.05, 0) is 61.9 Å². The van der Waals surface area contributed by atoms with E-state index in [0.29, 0.717) is 34.7 Å². The molecule has 2 aromatic carbocycles. The van der Waals surface area contributed by atoms with Crippen molar-refractivity contribution in [2.24, 2.45) is 0 Å². The number of thioether (sulfide) groups is 1. The van der Waals surface area contributed by atoms with Crippen LogP contribution in [-0.2, 0) is 20.9 Å². The third-order valence-electron chi connectivity index (χ3n) is 4.92. The number of methoxy groups -OCH3 is 1. The summed E-state index contributed by atoms with van der Waals surface area (Å²) in [6.45, 7) is 6.14. The van der Waals surface area contributed by atoms with E-state index in [2.05, 4.69) is 20.7 Å². The molecule has 0 unspecified atom stereocenters. The van der Waals surface area contributed by atoms with Crippen molar-refractivity contribution in [3.05, 3.63) is 62.5 Å². The third kappa shape index (κ3) is 5.78. The minimum atomic E-state index is -1.01. The second kappa shape index (κ2) is 10.9. The number of rotatable bonds is 8. The lowest BCUT2D eigenvalue weighted by molar-refractivity contribution is -0.148. The van der Waals surface area contributed by atoms with E-state index in [9.17, 15) is 14.4 Å². The highest BCUT2D eigenvalue weighted by atomic mass is 79.9. The number of imide groups is 1. The summed E-state index contributed by atoms with van der Waals surface area (Å²) in [6, 6.07) is 10.6. The van der Waals surface area contributed by atoms with Crippen molar-refractivity contribution in [3.8, 4) is 11.5 Å². The second-order valence-corrected chi connectivity index (χ2v) is 9.13. The van der Waals surface area contributed by atoms with E-state index in [-0.39, 0.29) is 4.91 Å². The average Bonchev–Trinajstić information content (AvgIpc) is 3.07. The normalized spacial score (nSPS) is 15.7. The number of nitrogens with zero attached hydrogens (tertiary/aromatic N) is 1. The Balaban J connectivity index is 1.86. The number of benzene rings is 2. The maximum atomic E-state index is 12.8. The first-order chi connectivity index (χ1) is 15.7. The fraction of sp³-hybridized carbons (Fsp3) is 0.292. The highest BCUT2D eigenvalue weighted by molar-refractivity contribution is 9.10. The van der Waals surface area contributed by atoms with Gasteiger partial charge in [0.25, 0.3) is 11.1 Å². The molecule has 0 radical (unpaired) electrons. The standard InChI is InChI=1S/C24H24BrNO6S/c1-5-31-19-10-17(11-21-22(27)26(24(29)33-21)15(3)23(28)30-4)18(25)12-20(19)32-13-16-8-6-14(2)7-9-16/h6-12,15H,5,13H2,1-4H3/b21-11+/t15-/m1/s1. The highest BCUT2D eigenvalue weighted by Crippen LogP contribution is 2.39. The van der Waals surface area contributed by atoms with Gasteiger partial charge < -0.3 is 14.2 Å². The second-order valence-electron chi connectivity index (χ2n) is 7.28. The van der Waals surface area contributed by atoms with Gasteiger partial charge in [0.2, 0.25) is 0 Å². The minimum Gasteiger partial charge on any atom is -0.490 e. The molecule has 33 heavy (non-hydrogen) atoms. The smallest absolute Gasteiger partial charge is 0.328 e. The largest absolute Gasteiger partial charge is 0.490 e. The first-order valence-corrected chi connectivity index (χ1v) is 11.9. The molecule has 0 saturated carbocycles. The third-order valence-corrected chi connectivity index (χ3v) is 6.49. The Hall–Kier alpha value is -2.78. The Bertz CT molecular complexity index is 1100. The quantitative estimate of drug-likeness (QED) is 0.334. The van der Waals surface area contributed by atoms with E-state index in [1.165, 1.54) is 19.6 Å². The summed E-state index contributed by atoms with van der Waals surface area (Å²) in [5.41, 5.74) is 2.83. The van der Waals surface area contributed by atoms with E-state index in [0.717, 1.165) is 22.2 Å². The maximum absolute atomic E-state index is 12.8. The summed E-state index contributed by atoms with van der Waals surface area (Å²) in [4.78, 5) is 38.1. The van der Waals surface area contributed by atoms with E-state index < -0.39 is 23.2 Å². The lowest BCUT2D eigenvalue weighted by atomic mass is 10.1. The van der Waals surface area contributed by atoms with Gasteiger partial charge in [0.15, 0.2) is 11.5 Å². The molecular weight excluding hydrogens is 510 g/mol. The summed E-state index contributed by atoms with van der Waals surface area (Å²) in [6.07, 6.45) is 1.59. The summed E-state index contributed by atoms with van der Waals surface area (Å²) in [5, 5.41) is -0.525. The van der Waals surface area contributed by atoms with Gasteiger partial charge in [0.1, 0.15) is 12.6 Å². The molecule has 1 saturated heterocycles. The molecule has 0 bridgehead atoms. The van der Waals surface area contributed by atoms with Crippen molar-refractivity contribution in [2.45, 2.75) is 33.4 Å². The molecule has 0 N–H and O–H groups in total. The number of amides is 2. The van der Waals surface area contributed by atoms with Gasteiger partial charge in [-0.25, -0.2) is 4.79 Å². The maximum Gasteiger partial charge on any atom is 0.328 e. The van der Waals surface area contributed by atoms with Gasteiger partial charge in [-0.1, -0.05) is 45.8 Å². The molecule has 0 spiro atoms. The summed E-state index contributed by atoms with van der Waals surface area (Å²) in [7, 11) is 1.21. The van der Waals surface area contributed by atoms with Crippen LogP contribution in [0.15, 0.2) is 45.8 Å². The van der Waals surface area contributed by atoms with Gasteiger partial charge in [-0.15, -0.1) is 0 Å². The van der Waals surface area contributed by atoms with Crippen molar-refractivity contribution in [1.82, 2.24) is 4.90 Å². The minimum absolute atomic E-state index is 0.201. The van der Waals surface area contributed by atoms with Gasteiger partial charge >= 0.3 is 5.97 Å². The number of aryl methyl sites for hydroxylation is 1. The molecule has 1 fully saturated rings. The predicted octanol–water partition coefficient (Wildman–Crippen LogP) is 5.33. The SMILES string of the molecule is CCOc1cc(/C=C2/SC(=O)N([C@H](C)C(=O)OC)C2=O)c(Br)cc1OCc1ccc(C)cc1. The Morgan fingerprint density at radius 2 is 1.82 bits per heavy atom. The summed E-state index contributed by atoms with van der Waals surface area (Å²) >= 11 is 4.29. The van der Waals surface area contributed by atoms with Crippen molar-refractivity contribution in [2.75, 3.05) is 13.7 Å². The molecule has 2 amide bonds. The first-order valence-electron chi connectivity index (χ1n) is 10.2. The van der Waals surface area contributed by atoms with Crippen LogP contribution in [-0.4, -0.2) is 41.8 Å². The molecule has 3 rings (SSSR count). The zero-order valence-electron chi connectivity index (χ0n) is 18.7. The molecule has 0 aliphatic carbocycles. The van der Waals surface area contributed by atoms with Gasteiger partial charge in [0, 0.05) is 4.47 Å². The van der Waals surface area contributed by atoms with Crippen LogP contribution in [0.4, 0.5) is 4.79 Å². The molecule has 1 atom stereocenters. The number of hydrogen-bond donors (Lipinski definition) is 0. The zero-order chi connectivity index (χ0) is 24.1. The summed E-state index contributed by atoms with van der Waals surface area (Å²) < 4.78 is 17.1. The first kappa shape index (κ1) is 24.9. The number of ether oxygens (including phenoxy) is 3. The lowest BCUT2D eigenvalue weighted by Crippen LogP contribution is -2.42. The van der Waals surface area contributed by atoms with Crippen LogP contribution in [0.1, 0.15) is 30.5 Å². The number of carbonyl (C=O) groups is 3. The van der Waals surface area contributed by atoms with Crippen LogP contribution >= 0.6 is 27.7 Å². The van der Waals surface area contributed by atoms with Crippen molar-refractivity contribution >= 4 is 50.9 Å². The number of hydrogen-bond acceptors (Lipinski definition) is 7. The van der Waals surface area contributed by atoms with E-state index in [1.54, 1.807) is 18.2 Å². The zero-order valence-corrected chi connectivity index (χ0v) is 21.1. The Morgan fingerprint density at radius 1 is 1.15 bits per heavy atom. The van der Waals surface area contributed by atoms with Gasteiger partial charge in [-0.2, -0.15) is 0 Å². The monoisotopic (exact) mass is 533 g/mol. The van der Waals surface area contributed by atoms with Gasteiger partial charge in [-0.3, -0.25) is 14.5 Å². The molecule has 174 valence electrons. The highest BCUT2D eigenvalue weighted by Gasteiger charge is 2.41.